The van der Waals surface area contributed by atoms with Crippen molar-refractivity contribution in [2.45, 2.75) is 29.9 Å². The number of hydrogen-bond acceptors (Lipinski definition) is 1. The van der Waals surface area contributed by atoms with Crippen molar-refractivity contribution in [3.63, 3.8) is 0 Å². The molecule has 0 heterocycles. The van der Waals surface area contributed by atoms with Crippen LogP contribution in [0.25, 0.3) is 0 Å². The lowest BCUT2D eigenvalue weighted by atomic mass is 9.75. The van der Waals surface area contributed by atoms with Gasteiger partial charge in [-0.1, -0.05) is 0 Å². The van der Waals surface area contributed by atoms with Gasteiger partial charge in [-0.15, -0.1) is 0 Å². The second kappa shape index (κ2) is 8.90. The van der Waals surface area contributed by atoms with Crippen molar-refractivity contribution in [2.24, 2.45) is 0 Å². The van der Waals surface area contributed by atoms with Crippen molar-refractivity contribution in [3.8, 4) is 6.07 Å². The molecule has 0 N–H and O–H groups in total. The van der Waals surface area contributed by atoms with E-state index in [1.807, 2.05) is 0 Å². The molecule has 0 aliphatic carbocycles. The number of halogens is 18. The summed E-state index contributed by atoms with van der Waals surface area (Å²) in [5, 5.41) is 8.94. The van der Waals surface area contributed by atoms with E-state index in [2.05, 4.69) is 0 Å². The predicted molar refractivity (Wildman–Crippen MR) is 79.8 cm³/mol. The highest BCUT2D eigenvalue weighted by atomic mass is 19.4. The van der Waals surface area contributed by atoms with Crippen LogP contribution in [0.3, 0.4) is 0 Å². The van der Waals surface area contributed by atoms with Crippen LogP contribution in [0.5, 0.6) is 0 Å². The van der Waals surface area contributed by atoms with Gasteiger partial charge in [0, 0.05) is 0 Å². The van der Waals surface area contributed by atoms with Gasteiger partial charge in [-0.2, -0.15) is 44.8 Å². The summed E-state index contributed by atoms with van der Waals surface area (Å²) < 4.78 is 245. The lowest BCUT2D eigenvalue weighted by Gasteiger charge is -2.39. The van der Waals surface area contributed by atoms with Crippen molar-refractivity contribution < 1.29 is 79.0 Å². The topological polar surface area (TPSA) is 23.8 Å². The third kappa shape index (κ3) is 4.00. The molecule has 0 aliphatic heterocycles. The molecule has 2 aromatic carbocycles. The van der Waals surface area contributed by atoms with Crippen molar-refractivity contribution >= 4 is 0 Å². The first-order valence-corrected chi connectivity index (χ1v) is 8.49. The largest absolute Gasteiger partial charge is 0.416 e. The molecule has 1 atom stereocenters. The van der Waals surface area contributed by atoms with Gasteiger partial charge in [0.2, 0.25) is 5.82 Å². The van der Waals surface area contributed by atoms with E-state index in [0.717, 1.165) is 0 Å². The zero-order valence-electron chi connectivity index (χ0n) is 16.3. The average Bonchev–Trinajstić information content (AvgIpc) is 2.73. The van der Waals surface area contributed by atoms with Gasteiger partial charge in [0.1, 0.15) is 5.92 Å². The first kappa shape index (κ1) is 29.9. The lowest BCUT2D eigenvalue weighted by molar-refractivity contribution is -0.388. The number of benzene rings is 2. The SMILES string of the molecule is N#CC(c1c(F)c(F)c(F)c(F)c1F)c1c(F)c(F)c(C(C(F)(F)F)(C(F)(F)F)C(F)(F)F)c(F)c1F. The molecule has 37 heavy (non-hydrogen) atoms. The molecule has 0 saturated heterocycles. The smallest absolute Gasteiger partial charge is 0.203 e. The Balaban J connectivity index is 3.17. The summed E-state index contributed by atoms with van der Waals surface area (Å²) in [4.78, 5) is 0. The van der Waals surface area contributed by atoms with Gasteiger partial charge >= 0.3 is 18.5 Å². The molecule has 0 spiro atoms. The van der Waals surface area contributed by atoms with Crippen molar-refractivity contribution in [3.05, 3.63) is 69.0 Å². The lowest BCUT2D eigenvalue weighted by Crippen LogP contribution is -2.64. The van der Waals surface area contributed by atoms with Gasteiger partial charge in [-0.3, -0.25) is 0 Å². The molecule has 2 rings (SSSR count). The van der Waals surface area contributed by atoms with Gasteiger partial charge in [0.05, 0.1) is 22.8 Å². The van der Waals surface area contributed by atoms with Crippen LogP contribution < -0.4 is 0 Å². The molecule has 0 bridgehead atoms. The fourth-order valence-electron chi connectivity index (χ4n) is 3.29. The molecule has 0 aromatic heterocycles. The predicted octanol–water partition coefficient (Wildman–Crippen LogP) is 7.52. The maximum Gasteiger partial charge on any atom is 0.416 e. The number of alkyl halides is 9. The van der Waals surface area contributed by atoms with E-state index in [0.29, 0.717) is 6.07 Å². The minimum atomic E-state index is -7.80. The Morgan fingerprint density at radius 3 is 0.919 bits per heavy atom. The Morgan fingerprint density at radius 1 is 0.432 bits per heavy atom. The summed E-state index contributed by atoms with van der Waals surface area (Å²) in [7, 11) is 0. The number of nitrogens with zero attached hydrogens (tertiary/aromatic N) is 1. The quantitative estimate of drug-likeness (QED) is 0.212. The van der Waals surface area contributed by atoms with Crippen LogP contribution in [-0.4, -0.2) is 18.5 Å². The standard InChI is InChI=1S/C18HF18N/c19-6-3(2(1-37)4-8(21)12(25)14(27)13(26)9(4)22)7(20)11(24)5(10(6)23)15(16(28,29)30,17(31,32)33)18(34,35)36/h2H. The fourth-order valence-corrected chi connectivity index (χ4v) is 3.29. The van der Waals surface area contributed by atoms with Crippen LogP contribution in [0.2, 0.25) is 0 Å². The average molecular weight is 573 g/mol. The number of rotatable bonds is 3. The van der Waals surface area contributed by atoms with E-state index >= 15 is 0 Å². The zero-order chi connectivity index (χ0) is 29.2. The Bertz CT molecular complexity index is 1200. The van der Waals surface area contributed by atoms with Crippen LogP contribution in [0.15, 0.2) is 0 Å². The van der Waals surface area contributed by atoms with Crippen LogP contribution in [0, 0.1) is 63.7 Å². The van der Waals surface area contributed by atoms with E-state index < -0.39 is 98.9 Å². The minimum Gasteiger partial charge on any atom is -0.203 e. The second-order valence-electron chi connectivity index (χ2n) is 6.83. The van der Waals surface area contributed by atoms with Crippen LogP contribution in [-0.2, 0) is 5.41 Å². The summed E-state index contributed by atoms with van der Waals surface area (Å²) in [6, 6.07) is 0.359. The number of hydrogen-bond donors (Lipinski definition) is 0. The van der Waals surface area contributed by atoms with E-state index in [9.17, 15) is 79.0 Å². The molecule has 0 aliphatic rings. The molecule has 2 aromatic rings. The van der Waals surface area contributed by atoms with Crippen LogP contribution in [0.1, 0.15) is 22.6 Å². The summed E-state index contributed by atoms with van der Waals surface area (Å²) >= 11 is 0. The molecular weight excluding hydrogens is 572 g/mol. The van der Waals surface area contributed by atoms with Crippen LogP contribution >= 0.6 is 0 Å². The summed E-state index contributed by atoms with van der Waals surface area (Å²) in [6.45, 7) is 0. The Kier molecular flexibility index (Phi) is 7.19. The van der Waals surface area contributed by atoms with Gasteiger partial charge in [-0.25, -0.2) is 39.5 Å². The van der Waals surface area contributed by atoms with Gasteiger partial charge in [0.15, 0.2) is 46.5 Å². The van der Waals surface area contributed by atoms with Gasteiger partial charge in [0.25, 0.3) is 5.41 Å². The molecule has 0 saturated carbocycles. The Labute approximate surface area is 190 Å². The maximum atomic E-state index is 14.5. The Hall–Kier alpha value is -3.33. The van der Waals surface area contributed by atoms with E-state index in [4.69, 9.17) is 5.26 Å². The summed E-state index contributed by atoms with van der Waals surface area (Å²) in [5.74, 6) is -34.3. The normalized spacial score (nSPS) is 14.1. The highest BCUT2D eigenvalue weighted by Crippen LogP contribution is 2.62. The van der Waals surface area contributed by atoms with E-state index in [1.165, 1.54) is 0 Å². The summed E-state index contributed by atoms with van der Waals surface area (Å²) in [6.07, 6.45) is -23.4. The zero-order valence-corrected chi connectivity index (χ0v) is 16.3. The third-order valence-corrected chi connectivity index (χ3v) is 4.90. The Morgan fingerprint density at radius 2 is 0.676 bits per heavy atom. The minimum absolute atomic E-state index is 0.359. The van der Waals surface area contributed by atoms with E-state index in [1.54, 1.807) is 0 Å². The maximum absolute atomic E-state index is 14.5. The van der Waals surface area contributed by atoms with Crippen molar-refractivity contribution in [2.75, 3.05) is 0 Å². The van der Waals surface area contributed by atoms with E-state index in [-0.39, 0.29) is 0 Å². The first-order valence-electron chi connectivity index (χ1n) is 8.49. The van der Waals surface area contributed by atoms with Gasteiger partial charge < -0.3 is 0 Å². The van der Waals surface area contributed by atoms with Crippen molar-refractivity contribution in [1.29, 1.82) is 5.26 Å². The molecule has 1 nitrogen and oxygen atoms in total. The highest BCUT2D eigenvalue weighted by Gasteiger charge is 2.86. The molecule has 0 radical (unpaired) electrons. The fraction of sp³-hybridized carbons (Fsp3) is 0.278. The second-order valence-corrected chi connectivity index (χ2v) is 6.83. The molecule has 19 heteroatoms. The molecule has 204 valence electrons. The molecule has 0 amide bonds. The molecule has 0 fully saturated rings. The monoisotopic (exact) mass is 573 g/mol. The third-order valence-electron chi connectivity index (χ3n) is 4.90. The van der Waals surface area contributed by atoms with Crippen molar-refractivity contribution in [1.82, 2.24) is 0 Å². The molecule has 1 unspecified atom stereocenters. The summed E-state index contributed by atoms with van der Waals surface area (Å²) in [5.41, 5.74) is -17.5. The van der Waals surface area contributed by atoms with Gasteiger partial charge in [-0.05, 0) is 0 Å². The van der Waals surface area contributed by atoms with Crippen LogP contribution in [0.4, 0.5) is 79.0 Å². The first-order chi connectivity index (χ1) is 16.5. The number of nitriles is 1. The highest BCUT2D eigenvalue weighted by molar-refractivity contribution is 5.47. The molecular formula is C18HF18N.